The number of hydrogen-bond acceptors (Lipinski definition) is 2. The molecule has 1 aliphatic heterocycles. The van der Waals surface area contributed by atoms with Crippen LogP contribution in [0.1, 0.15) is 37.8 Å². The van der Waals surface area contributed by atoms with Crippen molar-refractivity contribution in [2.45, 2.75) is 39.3 Å². The molecule has 1 fully saturated rings. The molecule has 1 aliphatic rings. The lowest BCUT2D eigenvalue weighted by Gasteiger charge is -2.15. The maximum absolute atomic E-state index is 9.72. The summed E-state index contributed by atoms with van der Waals surface area (Å²) in [7, 11) is 0. The third-order valence-electron chi connectivity index (χ3n) is 3.70. The monoisotopic (exact) mass is 233 g/mol. The van der Waals surface area contributed by atoms with Crippen LogP contribution in [0.2, 0.25) is 0 Å². The van der Waals surface area contributed by atoms with Crippen LogP contribution >= 0.6 is 0 Å². The molecule has 0 amide bonds. The molecule has 2 atom stereocenters. The lowest BCUT2D eigenvalue weighted by Crippen LogP contribution is -2.21. The summed E-state index contributed by atoms with van der Waals surface area (Å²) >= 11 is 0. The van der Waals surface area contributed by atoms with Crippen molar-refractivity contribution in [2.75, 3.05) is 13.1 Å². The summed E-state index contributed by atoms with van der Waals surface area (Å²) in [6.45, 7) is 9.33. The maximum Gasteiger partial charge on any atom is 0.0704 e. The largest absolute Gasteiger partial charge is 0.391 e. The second-order valence-electron chi connectivity index (χ2n) is 5.63. The van der Waals surface area contributed by atoms with Gasteiger partial charge in [-0.1, -0.05) is 45.0 Å². The topological polar surface area (TPSA) is 23.5 Å². The quantitative estimate of drug-likeness (QED) is 0.867. The number of aliphatic hydroxyl groups excluding tert-OH is 1. The normalized spacial score (nSPS) is 25.7. The van der Waals surface area contributed by atoms with Crippen molar-refractivity contribution in [1.82, 2.24) is 4.90 Å². The van der Waals surface area contributed by atoms with Crippen molar-refractivity contribution in [3.8, 4) is 0 Å². The highest BCUT2D eigenvalue weighted by molar-refractivity contribution is 5.24. The lowest BCUT2D eigenvalue weighted by molar-refractivity contribution is 0.147. The molecule has 0 radical (unpaired) electrons. The summed E-state index contributed by atoms with van der Waals surface area (Å²) in [4.78, 5) is 2.33. The number of likely N-dealkylation sites (tertiary alicyclic amines) is 1. The Morgan fingerprint density at radius 1 is 1.24 bits per heavy atom. The molecule has 2 unspecified atom stereocenters. The summed E-state index contributed by atoms with van der Waals surface area (Å²) in [5.41, 5.74) is 2.74. The zero-order chi connectivity index (χ0) is 12.4. The van der Waals surface area contributed by atoms with E-state index < -0.39 is 0 Å². The van der Waals surface area contributed by atoms with Gasteiger partial charge in [-0.3, -0.25) is 4.90 Å². The molecule has 1 saturated heterocycles. The molecule has 0 aromatic heterocycles. The molecule has 0 bridgehead atoms. The van der Waals surface area contributed by atoms with Crippen LogP contribution in [-0.4, -0.2) is 29.2 Å². The summed E-state index contributed by atoms with van der Waals surface area (Å²) < 4.78 is 0. The van der Waals surface area contributed by atoms with E-state index in [9.17, 15) is 5.11 Å². The second-order valence-corrected chi connectivity index (χ2v) is 5.63. The first-order valence-electron chi connectivity index (χ1n) is 6.55. The fraction of sp³-hybridized carbons (Fsp3) is 0.600. The fourth-order valence-corrected chi connectivity index (χ4v) is 2.44. The Labute approximate surface area is 104 Å². The summed E-state index contributed by atoms with van der Waals surface area (Å²) in [5.74, 6) is 1.00. The number of nitrogens with zero attached hydrogens (tertiary/aromatic N) is 1. The van der Waals surface area contributed by atoms with Crippen LogP contribution in [0.15, 0.2) is 24.3 Å². The van der Waals surface area contributed by atoms with Gasteiger partial charge in [-0.25, -0.2) is 0 Å². The minimum Gasteiger partial charge on any atom is -0.391 e. The van der Waals surface area contributed by atoms with E-state index in [0.29, 0.717) is 11.8 Å². The second kappa shape index (κ2) is 5.19. The van der Waals surface area contributed by atoms with E-state index >= 15 is 0 Å². The Bertz CT molecular complexity index is 348. The molecule has 0 saturated carbocycles. The molecule has 17 heavy (non-hydrogen) atoms. The molecule has 0 aliphatic carbocycles. The Balaban J connectivity index is 1.95. The van der Waals surface area contributed by atoms with Crippen LogP contribution in [0.3, 0.4) is 0 Å². The van der Waals surface area contributed by atoms with Gasteiger partial charge in [-0.15, -0.1) is 0 Å². The summed E-state index contributed by atoms with van der Waals surface area (Å²) in [5, 5.41) is 9.72. The highest BCUT2D eigenvalue weighted by Gasteiger charge is 2.27. The Hall–Kier alpha value is -0.860. The molecule has 2 nitrogen and oxygen atoms in total. The Morgan fingerprint density at radius 2 is 1.88 bits per heavy atom. The SMILES string of the molecule is CC(C)c1ccc(CN2CC(C)C(O)C2)cc1. The first kappa shape index (κ1) is 12.6. The summed E-state index contributed by atoms with van der Waals surface area (Å²) in [6.07, 6.45) is -0.148. The molecule has 2 rings (SSSR count). The zero-order valence-corrected chi connectivity index (χ0v) is 11.1. The van der Waals surface area contributed by atoms with Crippen LogP contribution < -0.4 is 0 Å². The van der Waals surface area contributed by atoms with Gasteiger partial charge in [-0.2, -0.15) is 0 Å². The van der Waals surface area contributed by atoms with Crippen LogP contribution in [0.5, 0.6) is 0 Å². The van der Waals surface area contributed by atoms with Crippen molar-refractivity contribution in [3.63, 3.8) is 0 Å². The van der Waals surface area contributed by atoms with Gasteiger partial charge in [0.15, 0.2) is 0 Å². The highest BCUT2D eigenvalue weighted by atomic mass is 16.3. The molecule has 1 aromatic rings. The van der Waals surface area contributed by atoms with Gasteiger partial charge in [0.25, 0.3) is 0 Å². The Morgan fingerprint density at radius 3 is 2.35 bits per heavy atom. The molecule has 1 heterocycles. The number of hydrogen-bond donors (Lipinski definition) is 1. The third-order valence-corrected chi connectivity index (χ3v) is 3.70. The van der Waals surface area contributed by atoms with E-state index in [4.69, 9.17) is 0 Å². The van der Waals surface area contributed by atoms with E-state index in [2.05, 4.69) is 49.9 Å². The zero-order valence-electron chi connectivity index (χ0n) is 11.1. The van der Waals surface area contributed by atoms with Crippen molar-refractivity contribution in [1.29, 1.82) is 0 Å². The number of benzene rings is 1. The lowest BCUT2D eigenvalue weighted by atomic mass is 10.0. The minimum absolute atomic E-state index is 0.148. The van der Waals surface area contributed by atoms with Gasteiger partial charge in [0, 0.05) is 19.6 Å². The predicted molar refractivity (Wildman–Crippen MR) is 71.0 cm³/mol. The molecule has 1 N–H and O–H groups in total. The highest BCUT2D eigenvalue weighted by Crippen LogP contribution is 2.20. The molecular weight excluding hydrogens is 210 g/mol. The smallest absolute Gasteiger partial charge is 0.0704 e. The van der Waals surface area contributed by atoms with Gasteiger partial charge >= 0.3 is 0 Å². The van der Waals surface area contributed by atoms with Crippen molar-refractivity contribution in [2.24, 2.45) is 5.92 Å². The van der Waals surface area contributed by atoms with E-state index in [-0.39, 0.29) is 6.10 Å². The van der Waals surface area contributed by atoms with Gasteiger partial charge in [0.2, 0.25) is 0 Å². The predicted octanol–water partition coefficient (Wildman–Crippen LogP) is 2.62. The standard InChI is InChI=1S/C15H23NO/c1-11(2)14-6-4-13(5-7-14)9-16-8-12(3)15(17)10-16/h4-7,11-12,15,17H,8-10H2,1-3H3. The number of rotatable bonds is 3. The first-order chi connectivity index (χ1) is 8.06. The number of aliphatic hydroxyl groups is 1. The van der Waals surface area contributed by atoms with Gasteiger partial charge in [0.1, 0.15) is 0 Å². The average Bonchev–Trinajstić information content (AvgIpc) is 2.58. The molecule has 0 spiro atoms. The Kier molecular flexibility index (Phi) is 3.85. The van der Waals surface area contributed by atoms with Crippen LogP contribution in [0.25, 0.3) is 0 Å². The van der Waals surface area contributed by atoms with E-state index in [0.717, 1.165) is 19.6 Å². The van der Waals surface area contributed by atoms with Crippen LogP contribution in [0.4, 0.5) is 0 Å². The number of β-amino-alcohol motifs (C(OH)–C–C–N with tert-alkyl or cyclic N) is 1. The van der Waals surface area contributed by atoms with Crippen molar-refractivity contribution < 1.29 is 5.11 Å². The fourth-order valence-electron chi connectivity index (χ4n) is 2.44. The van der Waals surface area contributed by atoms with Gasteiger partial charge in [-0.05, 0) is 23.0 Å². The van der Waals surface area contributed by atoms with Crippen LogP contribution in [0, 0.1) is 5.92 Å². The molecule has 2 heteroatoms. The maximum atomic E-state index is 9.72. The summed E-state index contributed by atoms with van der Waals surface area (Å²) in [6, 6.07) is 8.86. The van der Waals surface area contributed by atoms with E-state index in [1.54, 1.807) is 0 Å². The molecular formula is C15H23NO. The van der Waals surface area contributed by atoms with E-state index in [1.807, 2.05) is 0 Å². The van der Waals surface area contributed by atoms with Gasteiger partial charge in [0.05, 0.1) is 6.10 Å². The minimum atomic E-state index is -0.148. The molecule has 1 aromatic carbocycles. The van der Waals surface area contributed by atoms with E-state index in [1.165, 1.54) is 11.1 Å². The first-order valence-corrected chi connectivity index (χ1v) is 6.55. The average molecular weight is 233 g/mol. The molecule has 94 valence electrons. The van der Waals surface area contributed by atoms with Crippen molar-refractivity contribution in [3.05, 3.63) is 35.4 Å². The van der Waals surface area contributed by atoms with Crippen molar-refractivity contribution >= 4 is 0 Å². The third kappa shape index (κ3) is 3.08. The van der Waals surface area contributed by atoms with Gasteiger partial charge < -0.3 is 5.11 Å². The van der Waals surface area contributed by atoms with Crippen LogP contribution in [-0.2, 0) is 6.54 Å².